The van der Waals surface area contributed by atoms with Crippen molar-refractivity contribution in [2.24, 2.45) is 0 Å². The second-order valence-corrected chi connectivity index (χ2v) is 5.10. The molecule has 94 valence electrons. The third-order valence-electron chi connectivity index (χ3n) is 2.31. The number of rotatable bonds is 3. The lowest BCUT2D eigenvalue weighted by Gasteiger charge is -2.15. The van der Waals surface area contributed by atoms with Crippen molar-refractivity contribution < 1.29 is 4.79 Å². The van der Waals surface area contributed by atoms with Crippen molar-refractivity contribution >= 4 is 33.4 Å². The highest BCUT2D eigenvalue weighted by Gasteiger charge is 2.14. The van der Waals surface area contributed by atoms with E-state index in [1.807, 2.05) is 0 Å². The standard InChI is InChI=1S/C11H10BrClN4O/c1-17(5-10-14-6-15-16-10)11(18)7-2-8(12)4-9(13)3-7/h2-4,6H,5H2,1H3,(H,14,15,16). The zero-order chi connectivity index (χ0) is 13.1. The lowest BCUT2D eigenvalue weighted by molar-refractivity contribution is 0.0781. The highest BCUT2D eigenvalue weighted by molar-refractivity contribution is 9.10. The van der Waals surface area contributed by atoms with Gasteiger partial charge in [-0.25, -0.2) is 4.98 Å². The van der Waals surface area contributed by atoms with E-state index in [1.165, 1.54) is 6.33 Å². The molecule has 0 fully saturated rings. The zero-order valence-electron chi connectivity index (χ0n) is 9.52. The van der Waals surface area contributed by atoms with Crippen molar-refractivity contribution in [2.75, 3.05) is 7.05 Å². The number of carbonyl (C=O) groups is 1. The second-order valence-electron chi connectivity index (χ2n) is 3.75. The van der Waals surface area contributed by atoms with Gasteiger partial charge >= 0.3 is 0 Å². The Hall–Kier alpha value is -1.40. The van der Waals surface area contributed by atoms with E-state index < -0.39 is 0 Å². The Labute approximate surface area is 117 Å². The summed E-state index contributed by atoms with van der Waals surface area (Å²) in [5.41, 5.74) is 0.524. The van der Waals surface area contributed by atoms with Gasteiger partial charge in [-0.15, -0.1) is 0 Å². The number of carbonyl (C=O) groups excluding carboxylic acids is 1. The second kappa shape index (κ2) is 5.49. The summed E-state index contributed by atoms with van der Waals surface area (Å²) < 4.78 is 0.770. The Balaban J connectivity index is 2.15. The van der Waals surface area contributed by atoms with Crippen molar-refractivity contribution in [1.82, 2.24) is 20.1 Å². The number of hydrogen-bond acceptors (Lipinski definition) is 3. The normalized spacial score (nSPS) is 10.4. The average molecular weight is 330 g/mol. The van der Waals surface area contributed by atoms with Gasteiger partial charge < -0.3 is 4.90 Å². The van der Waals surface area contributed by atoms with Gasteiger partial charge in [0.25, 0.3) is 5.91 Å². The molecule has 5 nitrogen and oxygen atoms in total. The molecule has 0 unspecified atom stereocenters. The molecule has 2 rings (SSSR count). The van der Waals surface area contributed by atoms with Crippen molar-refractivity contribution in [2.45, 2.75) is 6.54 Å². The Kier molecular flexibility index (Phi) is 3.98. The molecule has 0 bridgehead atoms. The van der Waals surface area contributed by atoms with E-state index in [0.717, 1.165) is 4.47 Å². The van der Waals surface area contributed by atoms with Gasteiger partial charge in [0.2, 0.25) is 0 Å². The Morgan fingerprint density at radius 3 is 2.89 bits per heavy atom. The molecule has 7 heteroatoms. The smallest absolute Gasteiger partial charge is 0.254 e. The molecule has 0 saturated carbocycles. The minimum absolute atomic E-state index is 0.130. The summed E-state index contributed by atoms with van der Waals surface area (Å²) in [6.45, 7) is 0.364. The first-order chi connectivity index (χ1) is 8.56. The highest BCUT2D eigenvalue weighted by Crippen LogP contribution is 2.20. The van der Waals surface area contributed by atoms with E-state index in [-0.39, 0.29) is 5.91 Å². The first kappa shape index (κ1) is 13.0. The molecule has 0 aliphatic carbocycles. The molecular formula is C11H10BrClN4O. The van der Waals surface area contributed by atoms with Crippen LogP contribution < -0.4 is 0 Å². The summed E-state index contributed by atoms with van der Waals surface area (Å²) in [6, 6.07) is 5.09. The fraction of sp³-hybridized carbons (Fsp3) is 0.182. The molecule has 18 heavy (non-hydrogen) atoms. The molecule has 0 spiro atoms. The van der Waals surface area contributed by atoms with E-state index >= 15 is 0 Å². The summed E-state index contributed by atoms with van der Waals surface area (Å²) in [6.07, 6.45) is 1.41. The summed E-state index contributed by atoms with van der Waals surface area (Å²) in [5, 5.41) is 6.95. The Morgan fingerprint density at radius 1 is 1.50 bits per heavy atom. The number of nitrogens with one attached hydrogen (secondary N) is 1. The number of aromatic nitrogens is 3. The minimum atomic E-state index is -0.130. The molecule has 0 saturated heterocycles. The van der Waals surface area contributed by atoms with E-state index in [2.05, 4.69) is 31.1 Å². The topological polar surface area (TPSA) is 61.9 Å². The number of aromatic amines is 1. The van der Waals surface area contributed by atoms with Crippen LogP contribution in [0.15, 0.2) is 29.0 Å². The SMILES string of the molecule is CN(Cc1ncn[nH]1)C(=O)c1cc(Cl)cc(Br)c1. The number of amides is 1. The maximum atomic E-state index is 12.2. The van der Waals surface area contributed by atoms with Crippen LogP contribution in [0.4, 0.5) is 0 Å². The number of benzene rings is 1. The van der Waals surface area contributed by atoms with E-state index in [9.17, 15) is 4.79 Å². The van der Waals surface area contributed by atoms with Gasteiger partial charge in [-0.2, -0.15) is 5.10 Å². The summed E-state index contributed by atoms with van der Waals surface area (Å²) in [5.74, 6) is 0.501. The van der Waals surface area contributed by atoms with Crippen molar-refractivity contribution in [3.8, 4) is 0 Å². The maximum Gasteiger partial charge on any atom is 0.254 e. The zero-order valence-corrected chi connectivity index (χ0v) is 11.9. The van der Waals surface area contributed by atoms with Gasteiger partial charge in [-0.1, -0.05) is 27.5 Å². The van der Waals surface area contributed by atoms with Crippen LogP contribution in [0.5, 0.6) is 0 Å². The fourth-order valence-corrected chi connectivity index (χ4v) is 2.36. The van der Waals surface area contributed by atoms with Crippen molar-refractivity contribution in [3.63, 3.8) is 0 Å². The number of hydrogen-bond donors (Lipinski definition) is 1. The first-order valence-corrected chi connectivity index (χ1v) is 6.29. The minimum Gasteiger partial charge on any atom is -0.334 e. The van der Waals surface area contributed by atoms with Crippen LogP contribution in [-0.4, -0.2) is 33.0 Å². The van der Waals surface area contributed by atoms with E-state index in [1.54, 1.807) is 30.1 Å². The number of nitrogens with zero attached hydrogens (tertiary/aromatic N) is 3. The maximum absolute atomic E-state index is 12.2. The number of H-pyrrole nitrogens is 1. The molecule has 1 aromatic heterocycles. The van der Waals surface area contributed by atoms with Gasteiger partial charge in [0, 0.05) is 22.1 Å². The molecular weight excluding hydrogens is 320 g/mol. The van der Waals surface area contributed by atoms with Crippen LogP contribution in [-0.2, 0) is 6.54 Å². The molecule has 1 amide bonds. The quantitative estimate of drug-likeness (QED) is 0.941. The molecule has 2 aromatic rings. The van der Waals surface area contributed by atoms with Crippen LogP contribution in [0.2, 0.25) is 5.02 Å². The lowest BCUT2D eigenvalue weighted by atomic mass is 10.2. The fourth-order valence-electron chi connectivity index (χ4n) is 1.50. The lowest BCUT2D eigenvalue weighted by Crippen LogP contribution is -2.26. The van der Waals surface area contributed by atoms with Crippen LogP contribution in [0.3, 0.4) is 0 Å². The molecule has 0 aliphatic rings. The molecule has 1 aromatic carbocycles. The summed E-state index contributed by atoms with van der Waals surface area (Å²) in [4.78, 5) is 17.7. The third kappa shape index (κ3) is 3.08. The Bertz CT molecular complexity index is 538. The van der Waals surface area contributed by atoms with E-state index in [4.69, 9.17) is 11.6 Å². The summed E-state index contributed by atoms with van der Waals surface area (Å²) >= 11 is 9.22. The van der Waals surface area contributed by atoms with Crippen molar-refractivity contribution in [3.05, 3.63) is 45.4 Å². The van der Waals surface area contributed by atoms with Gasteiger partial charge in [-0.05, 0) is 18.2 Å². The molecule has 0 aliphatic heterocycles. The molecule has 1 heterocycles. The van der Waals surface area contributed by atoms with Crippen LogP contribution >= 0.6 is 27.5 Å². The number of halogens is 2. The van der Waals surface area contributed by atoms with Gasteiger partial charge in [0.1, 0.15) is 12.2 Å². The van der Waals surface area contributed by atoms with Gasteiger partial charge in [-0.3, -0.25) is 9.89 Å². The highest BCUT2D eigenvalue weighted by atomic mass is 79.9. The first-order valence-electron chi connectivity index (χ1n) is 5.12. The predicted octanol–water partition coefficient (Wildman–Crippen LogP) is 2.49. The monoisotopic (exact) mass is 328 g/mol. The third-order valence-corrected chi connectivity index (χ3v) is 2.98. The predicted molar refractivity (Wildman–Crippen MR) is 71.3 cm³/mol. The van der Waals surface area contributed by atoms with E-state index in [0.29, 0.717) is 23.0 Å². The van der Waals surface area contributed by atoms with Gasteiger partial charge in [0.05, 0.1) is 6.54 Å². The molecule has 0 radical (unpaired) electrons. The molecule has 1 N–H and O–H groups in total. The Morgan fingerprint density at radius 2 is 2.28 bits per heavy atom. The molecule has 0 atom stereocenters. The largest absolute Gasteiger partial charge is 0.334 e. The van der Waals surface area contributed by atoms with Crippen LogP contribution in [0, 0.1) is 0 Å². The average Bonchev–Trinajstić information content (AvgIpc) is 2.79. The van der Waals surface area contributed by atoms with Gasteiger partial charge in [0.15, 0.2) is 0 Å². The summed E-state index contributed by atoms with van der Waals surface area (Å²) in [7, 11) is 1.69. The van der Waals surface area contributed by atoms with Crippen molar-refractivity contribution in [1.29, 1.82) is 0 Å². The van der Waals surface area contributed by atoms with Crippen LogP contribution in [0.1, 0.15) is 16.2 Å². The van der Waals surface area contributed by atoms with Crippen LogP contribution in [0.25, 0.3) is 0 Å².